The van der Waals surface area contributed by atoms with E-state index in [1.807, 2.05) is 0 Å². The number of aldehydes is 1. The molecule has 2 aromatic carbocycles. The Kier molecular flexibility index (Phi) is 3.62. The summed E-state index contributed by atoms with van der Waals surface area (Å²) in [4.78, 5) is 10.7. The first kappa shape index (κ1) is 13.6. The highest BCUT2D eigenvalue weighted by Crippen LogP contribution is 2.31. The van der Waals surface area contributed by atoms with E-state index < -0.39 is 11.7 Å². The summed E-state index contributed by atoms with van der Waals surface area (Å²) in [5, 5.41) is 0.361. The van der Waals surface area contributed by atoms with Gasteiger partial charge in [-0.05, 0) is 41.5 Å². The molecule has 0 fully saturated rings. The Labute approximate surface area is 112 Å². The predicted octanol–water partition coefficient (Wildman–Crippen LogP) is 4.84. The van der Waals surface area contributed by atoms with Crippen molar-refractivity contribution in [3.63, 3.8) is 0 Å². The topological polar surface area (TPSA) is 17.1 Å². The fraction of sp³-hybridized carbons (Fsp3) is 0.0714. The molecule has 0 saturated heterocycles. The summed E-state index contributed by atoms with van der Waals surface area (Å²) in [5.41, 5.74) is 0.832. The van der Waals surface area contributed by atoms with Crippen LogP contribution in [0.5, 0.6) is 0 Å². The molecular weight excluding hydrogens is 277 g/mol. The smallest absolute Gasteiger partial charge is 0.298 e. The molecule has 2 rings (SSSR count). The molecule has 0 aromatic heterocycles. The van der Waals surface area contributed by atoms with E-state index in [0.29, 0.717) is 28.0 Å². The summed E-state index contributed by atoms with van der Waals surface area (Å²) in [6, 6.07) is 9.35. The minimum Gasteiger partial charge on any atom is -0.298 e. The van der Waals surface area contributed by atoms with Crippen molar-refractivity contribution in [2.45, 2.75) is 6.18 Å². The molecule has 0 saturated carbocycles. The highest BCUT2D eigenvalue weighted by molar-refractivity contribution is 6.31. The number of benzene rings is 2. The third-order valence-electron chi connectivity index (χ3n) is 2.60. The van der Waals surface area contributed by atoms with Crippen LogP contribution in [0.15, 0.2) is 42.5 Å². The maximum absolute atomic E-state index is 12.4. The fourth-order valence-electron chi connectivity index (χ4n) is 1.70. The van der Waals surface area contributed by atoms with Gasteiger partial charge in [-0.1, -0.05) is 23.7 Å². The molecule has 0 radical (unpaired) electrons. The van der Waals surface area contributed by atoms with Gasteiger partial charge in [0.25, 0.3) is 0 Å². The fourth-order valence-corrected chi connectivity index (χ4v) is 1.94. The Bertz CT molecular complexity index is 603. The summed E-state index contributed by atoms with van der Waals surface area (Å²) in [6.07, 6.45) is -3.72. The number of rotatable bonds is 2. The molecule has 0 aliphatic carbocycles. The third-order valence-corrected chi connectivity index (χ3v) is 2.82. The molecule has 19 heavy (non-hydrogen) atoms. The van der Waals surface area contributed by atoms with E-state index >= 15 is 0 Å². The van der Waals surface area contributed by atoms with Crippen molar-refractivity contribution < 1.29 is 18.0 Å². The second-order valence-electron chi connectivity index (χ2n) is 3.97. The Hall–Kier alpha value is -1.81. The molecule has 0 unspecified atom stereocenters. The van der Waals surface area contributed by atoms with Crippen LogP contribution < -0.4 is 0 Å². The molecule has 0 aliphatic rings. The number of carbonyl (C=O) groups is 1. The minimum absolute atomic E-state index is 0.361. The van der Waals surface area contributed by atoms with Gasteiger partial charge >= 0.3 is 6.18 Å². The number of carbonyl (C=O) groups excluding carboxylic acids is 1. The SMILES string of the molecule is O=Cc1cc(Cl)cc(-c2ccc(C(F)(F)F)cc2)c1. The lowest BCUT2D eigenvalue weighted by Crippen LogP contribution is -2.03. The van der Waals surface area contributed by atoms with E-state index in [9.17, 15) is 18.0 Å². The van der Waals surface area contributed by atoms with Crippen LogP contribution in [0.25, 0.3) is 11.1 Å². The first-order valence-electron chi connectivity index (χ1n) is 5.33. The van der Waals surface area contributed by atoms with Crippen molar-refractivity contribution in [2.75, 3.05) is 0 Å². The van der Waals surface area contributed by atoms with Crippen LogP contribution in [0.4, 0.5) is 13.2 Å². The molecule has 0 spiro atoms. The monoisotopic (exact) mass is 284 g/mol. The van der Waals surface area contributed by atoms with Gasteiger partial charge in [0.2, 0.25) is 0 Å². The number of hydrogen-bond acceptors (Lipinski definition) is 1. The molecule has 1 nitrogen and oxygen atoms in total. The number of alkyl halides is 3. The van der Waals surface area contributed by atoms with Crippen molar-refractivity contribution in [1.29, 1.82) is 0 Å². The maximum Gasteiger partial charge on any atom is 0.416 e. The van der Waals surface area contributed by atoms with Gasteiger partial charge in [0, 0.05) is 10.6 Å². The Balaban J connectivity index is 2.42. The molecule has 0 N–H and O–H groups in total. The second-order valence-corrected chi connectivity index (χ2v) is 4.40. The quantitative estimate of drug-likeness (QED) is 0.721. The van der Waals surface area contributed by atoms with E-state index in [2.05, 4.69) is 0 Å². The third kappa shape index (κ3) is 3.15. The van der Waals surface area contributed by atoms with Crippen LogP contribution in [0.3, 0.4) is 0 Å². The Morgan fingerprint density at radius 1 is 0.947 bits per heavy atom. The van der Waals surface area contributed by atoms with Crippen molar-refractivity contribution in [3.05, 3.63) is 58.6 Å². The minimum atomic E-state index is -4.36. The van der Waals surface area contributed by atoms with Crippen molar-refractivity contribution in [3.8, 4) is 11.1 Å². The van der Waals surface area contributed by atoms with E-state index in [-0.39, 0.29) is 0 Å². The van der Waals surface area contributed by atoms with Crippen molar-refractivity contribution in [2.24, 2.45) is 0 Å². The molecule has 98 valence electrons. The van der Waals surface area contributed by atoms with E-state index in [1.54, 1.807) is 12.1 Å². The summed E-state index contributed by atoms with van der Waals surface area (Å²) in [7, 11) is 0. The van der Waals surface area contributed by atoms with Crippen molar-refractivity contribution in [1.82, 2.24) is 0 Å². The first-order valence-corrected chi connectivity index (χ1v) is 5.71. The van der Waals surface area contributed by atoms with Gasteiger partial charge in [-0.25, -0.2) is 0 Å². The van der Waals surface area contributed by atoms with Gasteiger partial charge in [0.15, 0.2) is 0 Å². The average Bonchev–Trinajstić information content (AvgIpc) is 2.37. The van der Waals surface area contributed by atoms with Crippen LogP contribution in [-0.2, 0) is 6.18 Å². The van der Waals surface area contributed by atoms with Crippen LogP contribution in [0, 0.1) is 0 Å². The Morgan fingerprint density at radius 3 is 2.11 bits per heavy atom. The zero-order valence-electron chi connectivity index (χ0n) is 9.54. The summed E-state index contributed by atoms with van der Waals surface area (Å²) in [5.74, 6) is 0. The second kappa shape index (κ2) is 5.05. The lowest BCUT2D eigenvalue weighted by atomic mass is 10.0. The maximum atomic E-state index is 12.4. The molecule has 0 heterocycles. The van der Waals surface area contributed by atoms with Gasteiger partial charge in [0.1, 0.15) is 6.29 Å². The molecule has 5 heteroatoms. The largest absolute Gasteiger partial charge is 0.416 e. The highest BCUT2D eigenvalue weighted by Gasteiger charge is 2.29. The predicted molar refractivity (Wildman–Crippen MR) is 67.3 cm³/mol. The highest BCUT2D eigenvalue weighted by atomic mass is 35.5. The van der Waals surface area contributed by atoms with Crippen LogP contribution in [0.2, 0.25) is 5.02 Å². The molecule has 0 atom stereocenters. The zero-order chi connectivity index (χ0) is 14.0. The van der Waals surface area contributed by atoms with E-state index in [0.717, 1.165) is 12.1 Å². The summed E-state index contributed by atoms with van der Waals surface area (Å²) in [6.45, 7) is 0. The van der Waals surface area contributed by atoms with Crippen LogP contribution >= 0.6 is 11.6 Å². The average molecular weight is 285 g/mol. The van der Waals surface area contributed by atoms with Crippen molar-refractivity contribution >= 4 is 17.9 Å². The zero-order valence-corrected chi connectivity index (χ0v) is 10.3. The number of hydrogen-bond donors (Lipinski definition) is 0. The molecule has 0 amide bonds. The lowest BCUT2D eigenvalue weighted by Gasteiger charge is -2.08. The normalized spacial score (nSPS) is 11.4. The van der Waals surface area contributed by atoms with E-state index in [1.165, 1.54) is 18.2 Å². The molecule has 2 aromatic rings. The molecule has 0 bridgehead atoms. The first-order chi connectivity index (χ1) is 8.90. The molecule has 0 aliphatic heterocycles. The summed E-state index contributed by atoms with van der Waals surface area (Å²) < 4.78 is 37.3. The van der Waals surface area contributed by atoms with E-state index in [4.69, 9.17) is 11.6 Å². The standard InChI is InChI=1S/C14H8ClF3O/c15-13-6-9(8-19)5-11(7-13)10-1-3-12(4-2-10)14(16,17)18/h1-8H. The summed E-state index contributed by atoms with van der Waals surface area (Å²) >= 11 is 5.84. The number of halogens is 4. The van der Waals surface area contributed by atoms with Gasteiger partial charge in [-0.3, -0.25) is 4.79 Å². The van der Waals surface area contributed by atoms with Gasteiger partial charge in [-0.15, -0.1) is 0 Å². The molecular formula is C14H8ClF3O. The Morgan fingerprint density at radius 2 is 1.58 bits per heavy atom. The van der Waals surface area contributed by atoms with Crippen LogP contribution in [0.1, 0.15) is 15.9 Å². The van der Waals surface area contributed by atoms with Gasteiger partial charge < -0.3 is 0 Å². The van der Waals surface area contributed by atoms with Gasteiger partial charge in [-0.2, -0.15) is 13.2 Å². The van der Waals surface area contributed by atoms with Crippen LogP contribution in [-0.4, -0.2) is 6.29 Å². The lowest BCUT2D eigenvalue weighted by molar-refractivity contribution is -0.137. The van der Waals surface area contributed by atoms with Gasteiger partial charge in [0.05, 0.1) is 5.56 Å².